The van der Waals surface area contributed by atoms with E-state index in [9.17, 15) is 4.79 Å². The van der Waals surface area contributed by atoms with Crippen molar-refractivity contribution in [2.24, 2.45) is 0 Å². The number of benzene rings is 3. The molecule has 5 aromatic rings. The number of furan rings is 1. The third-order valence-corrected chi connectivity index (χ3v) is 6.62. The van der Waals surface area contributed by atoms with E-state index < -0.39 is 0 Å². The number of rotatable bonds is 4. The Morgan fingerprint density at radius 1 is 1.03 bits per heavy atom. The van der Waals surface area contributed by atoms with Crippen LogP contribution >= 0.6 is 11.3 Å². The number of carbonyl (C=O) groups excluding carboxylic acids is 1. The summed E-state index contributed by atoms with van der Waals surface area (Å²) in [4.78, 5) is 17.6. The molecule has 4 nitrogen and oxygen atoms in total. The molecule has 0 radical (unpaired) electrons. The van der Waals surface area contributed by atoms with E-state index in [2.05, 4.69) is 43.4 Å². The minimum atomic E-state index is -0.241. The highest BCUT2D eigenvalue weighted by molar-refractivity contribution is 7.21. The largest absolute Gasteiger partial charge is 0.451 e. The molecule has 0 spiro atoms. The number of hydrogen-bond acceptors (Lipinski definition) is 4. The first kappa shape index (κ1) is 19.5. The Morgan fingerprint density at radius 3 is 2.61 bits per heavy atom. The number of hydrogen-bond donors (Lipinski definition) is 1. The van der Waals surface area contributed by atoms with E-state index in [1.54, 1.807) is 11.3 Å². The number of thiazole rings is 1. The smallest absolute Gasteiger partial charge is 0.291 e. The van der Waals surface area contributed by atoms with Crippen molar-refractivity contribution >= 4 is 44.1 Å². The van der Waals surface area contributed by atoms with Gasteiger partial charge in [0, 0.05) is 22.2 Å². The van der Waals surface area contributed by atoms with Gasteiger partial charge in [-0.25, -0.2) is 4.98 Å². The summed E-state index contributed by atoms with van der Waals surface area (Å²) in [6.45, 7) is 6.13. The van der Waals surface area contributed by atoms with Crippen molar-refractivity contribution in [1.29, 1.82) is 0 Å². The summed E-state index contributed by atoms with van der Waals surface area (Å²) in [5, 5.41) is 4.91. The van der Waals surface area contributed by atoms with Gasteiger partial charge < -0.3 is 9.73 Å². The molecule has 154 valence electrons. The summed E-state index contributed by atoms with van der Waals surface area (Å²) in [7, 11) is 0. The number of aryl methyl sites for hydroxylation is 3. The highest BCUT2D eigenvalue weighted by atomic mass is 32.1. The van der Waals surface area contributed by atoms with Gasteiger partial charge in [-0.2, -0.15) is 0 Å². The van der Waals surface area contributed by atoms with Crippen LogP contribution in [0.15, 0.2) is 65.1 Å². The van der Waals surface area contributed by atoms with Gasteiger partial charge in [0.25, 0.3) is 5.91 Å². The standard InChI is InChI=1S/C26H22N2O2S/c1-4-17-6-12-22-20(14-17)16(3)24(30-22)25(29)27-19-9-7-18(8-10-19)26-28-21-11-5-15(2)13-23(21)31-26/h5-14H,4H2,1-3H3,(H,27,29). The zero-order valence-electron chi connectivity index (χ0n) is 17.7. The summed E-state index contributed by atoms with van der Waals surface area (Å²) >= 11 is 1.67. The monoisotopic (exact) mass is 426 g/mol. The van der Waals surface area contributed by atoms with Gasteiger partial charge in [-0.3, -0.25) is 4.79 Å². The first-order valence-corrected chi connectivity index (χ1v) is 11.1. The van der Waals surface area contributed by atoms with Crippen LogP contribution in [0, 0.1) is 13.8 Å². The van der Waals surface area contributed by atoms with Crippen LogP contribution in [0.25, 0.3) is 31.8 Å². The summed E-state index contributed by atoms with van der Waals surface area (Å²) in [6, 6.07) is 20.1. The number of anilines is 1. The van der Waals surface area contributed by atoms with Crippen molar-refractivity contribution in [2.75, 3.05) is 5.32 Å². The molecule has 0 unspecified atom stereocenters. The molecule has 2 aromatic heterocycles. The van der Waals surface area contributed by atoms with Crippen molar-refractivity contribution in [3.8, 4) is 10.6 Å². The lowest BCUT2D eigenvalue weighted by atomic mass is 10.1. The predicted molar refractivity (Wildman–Crippen MR) is 128 cm³/mol. The fourth-order valence-corrected chi connectivity index (χ4v) is 4.81. The number of carbonyl (C=O) groups is 1. The van der Waals surface area contributed by atoms with Gasteiger partial charge in [0.2, 0.25) is 0 Å². The van der Waals surface area contributed by atoms with Crippen LogP contribution in [0.2, 0.25) is 0 Å². The van der Waals surface area contributed by atoms with Gasteiger partial charge >= 0.3 is 0 Å². The molecule has 31 heavy (non-hydrogen) atoms. The average molecular weight is 427 g/mol. The summed E-state index contributed by atoms with van der Waals surface area (Å²) in [5.74, 6) is 0.115. The number of amides is 1. The predicted octanol–water partition coefficient (Wildman–Crippen LogP) is 7.14. The van der Waals surface area contributed by atoms with E-state index in [4.69, 9.17) is 9.40 Å². The molecule has 0 saturated heterocycles. The molecule has 0 saturated carbocycles. The molecule has 0 bridgehead atoms. The maximum Gasteiger partial charge on any atom is 0.291 e. The Labute approximate surface area is 184 Å². The molecule has 2 heterocycles. The Bertz CT molecular complexity index is 1430. The Hall–Kier alpha value is -3.44. The summed E-state index contributed by atoms with van der Waals surface area (Å²) < 4.78 is 7.03. The van der Waals surface area contributed by atoms with Crippen LogP contribution in [0.3, 0.4) is 0 Å². The third kappa shape index (κ3) is 3.62. The van der Waals surface area contributed by atoms with E-state index in [1.165, 1.54) is 15.8 Å². The van der Waals surface area contributed by atoms with E-state index in [0.29, 0.717) is 5.76 Å². The van der Waals surface area contributed by atoms with Crippen LogP contribution in [0.5, 0.6) is 0 Å². The molecule has 3 aromatic carbocycles. The van der Waals surface area contributed by atoms with Gasteiger partial charge in [-0.1, -0.05) is 19.1 Å². The molecule has 0 atom stereocenters. The highest BCUT2D eigenvalue weighted by Crippen LogP contribution is 2.32. The zero-order chi connectivity index (χ0) is 21.5. The Morgan fingerprint density at radius 2 is 1.84 bits per heavy atom. The minimum Gasteiger partial charge on any atom is -0.451 e. The van der Waals surface area contributed by atoms with Crippen LogP contribution in [0.1, 0.15) is 34.2 Å². The van der Waals surface area contributed by atoms with Crippen LogP contribution < -0.4 is 5.32 Å². The van der Waals surface area contributed by atoms with Gasteiger partial charge in [-0.05, 0) is 79.9 Å². The van der Waals surface area contributed by atoms with Crippen molar-refractivity contribution in [3.05, 3.63) is 83.1 Å². The molecular formula is C26H22N2O2S. The fourth-order valence-electron chi connectivity index (χ4n) is 3.74. The van der Waals surface area contributed by atoms with Crippen molar-refractivity contribution in [1.82, 2.24) is 4.98 Å². The lowest BCUT2D eigenvalue weighted by molar-refractivity contribution is 0.0998. The first-order chi connectivity index (χ1) is 15.0. The number of nitrogens with zero attached hydrogens (tertiary/aromatic N) is 1. The average Bonchev–Trinajstić information content (AvgIpc) is 3.34. The fraction of sp³-hybridized carbons (Fsp3) is 0.154. The lowest BCUT2D eigenvalue weighted by Crippen LogP contribution is -2.11. The molecule has 0 aliphatic carbocycles. The van der Waals surface area contributed by atoms with Crippen molar-refractivity contribution in [2.45, 2.75) is 27.2 Å². The third-order valence-electron chi connectivity index (χ3n) is 5.55. The van der Waals surface area contributed by atoms with Gasteiger partial charge in [0.1, 0.15) is 10.6 Å². The van der Waals surface area contributed by atoms with E-state index in [1.807, 2.05) is 43.3 Å². The topological polar surface area (TPSA) is 55.1 Å². The van der Waals surface area contributed by atoms with Crippen molar-refractivity contribution in [3.63, 3.8) is 0 Å². The SMILES string of the molecule is CCc1ccc2oc(C(=O)Nc3ccc(-c4nc5ccc(C)cc5s4)cc3)c(C)c2c1. The Balaban J connectivity index is 1.38. The second-order valence-corrected chi connectivity index (χ2v) is 8.79. The van der Waals surface area contributed by atoms with Gasteiger partial charge in [0.15, 0.2) is 5.76 Å². The molecular weight excluding hydrogens is 404 g/mol. The minimum absolute atomic E-state index is 0.241. The zero-order valence-corrected chi connectivity index (χ0v) is 18.5. The maximum atomic E-state index is 12.8. The van der Waals surface area contributed by atoms with Crippen LogP contribution in [0.4, 0.5) is 5.69 Å². The van der Waals surface area contributed by atoms with E-state index >= 15 is 0 Å². The normalized spacial score (nSPS) is 11.3. The number of nitrogens with one attached hydrogen (secondary N) is 1. The molecule has 0 aliphatic heterocycles. The van der Waals surface area contributed by atoms with Crippen LogP contribution in [-0.4, -0.2) is 10.9 Å². The molecule has 1 amide bonds. The van der Waals surface area contributed by atoms with E-state index in [0.717, 1.165) is 44.7 Å². The number of aromatic nitrogens is 1. The summed E-state index contributed by atoms with van der Waals surface area (Å²) in [5.41, 5.74) is 6.82. The van der Waals surface area contributed by atoms with Crippen molar-refractivity contribution < 1.29 is 9.21 Å². The highest BCUT2D eigenvalue weighted by Gasteiger charge is 2.18. The molecule has 5 heteroatoms. The first-order valence-electron chi connectivity index (χ1n) is 10.3. The Kier molecular flexibility index (Phi) is 4.83. The van der Waals surface area contributed by atoms with Crippen LogP contribution in [-0.2, 0) is 6.42 Å². The lowest BCUT2D eigenvalue weighted by Gasteiger charge is -2.05. The molecule has 5 rings (SSSR count). The van der Waals surface area contributed by atoms with E-state index in [-0.39, 0.29) is 5.91 Å². The quantitative estimate of drug-likeness (QED) is 0.332. The molecule has 0 fully saturated rings. The maximum absolute atomic E-state index is 12.8. The summed E-state index contributed by atoms with van der Waals surface area (Å²) in [6.07, 6.45) is 0.947. The second-order valence-electron chi connectivity index (χ2n) is 7.76. The van der Waals surface area contributed by atoms with Gasteiger partial charge in [0.05, 0.1) is 10.2 Å². The second kappa shape index (κ2) is 7.67. The number of fused-ring (bicyclic) bond motifs is 2. The van der Waals surface area contributed by atoms with Gasteiger partial charge in [-0.15, -0.1) is 11.3 Å². The molecule has 0 aliphatic rings. The molecule has 1 N–H and O–H groups in total.